The van der Waals surface area contributed by atoms with E-state index >= 15 is 0 Å². The van der Waals surface area contributed by atoms with Crippen LogP contribution in [0.25, 0.3) is 10.9 Å². The molecule has 4 rings (SSSR count). The highest BCUT2D eigenvalue weighted by atomic mass is 15.3. The second-order valence-electron chi connectivity index (χ2n) is 7.48. The van der Waals surface area contributed by atoms with Crippen molar-refractivity contribution in [3.05, 3.63) is 47.8 Å². The summed E-state index contributed by atoms with van der Waals surface area (Å²) in [6.07, 6.45) is 8.03. The second-order valence-corrected chi connectivity index (χ2v) is 7.48. The third-order valence-electron chi connectivity index (χ3n) is 5.57. The van der Waals surface area contributed by atoms with Crippen LogP contribution in [0.3, 0.4) is 0 Å². The monoisotopic (exact) mass is 363 g/mol. The molecule has 0 spiro atoms. The Morgan fingerprint density at radius 3 is 3.00 bits per heavy atom. The molecule has 1 aliphatic heterocycles. The Bertz CT molecular complexity index is 901. The molecule has 0 bridgehead atoms. The SMILES string of the molecule is CCC1CCCCN1c1nc(C)cc(NCCc2c[nH]c3ccccc23)n1. The zero-order valence-corrected chi connectivity index (χ0v) is 16.3. The fourth-order valence-corrected chi connectivity index (χ4v) is 4.12. The number of H-pyrrole nitrogens is 1. The van der Waals surface area contributed by atoms with Gasteiger partial charge in [0.2, 0.25) is 5.95 Å². The normalized spacial score (nSPS) is 17.4. The van der Waals surface area contributed by atoms with Crippen LogP contribution in [0.15, 0.2) is 36.5 Å². The van der Waals surface area contributed by atoms with Crippen LogP contribution in [0.1, 0.15) is 43.9 Å². The number of nitrogens with one attached hydrogen (secondary N) is 2. The first-order chi connectivity index (χ1) is 13.2. The van der Waals surface area contributed by atoms with E-state index in [9.17, 15) is 0 Å². The highest BCUT2D eigenvalue weighted by Crippen LogP contribution is 2.25. The van der Waals surface area contributed by atoms with Crippen LogP contribution >= 0.6 is 0 Å². The van der Waals surface area contributed by atoms with Crippen molar-refractivity contribution in [2.75, 3.05) is 23.3 Å². The lowest BCUT2D eigenvalue weighted by atomic mass is 10.0. The van der Waals surface area contributed by atoms with Gasteiger partial charge in [-0.05, 0) is 50.7 Å². The molecule has 0 amide bonds. The molecule has 27 heavy (non-hydrogen) atoms. The number of fused-ring (bicyclic) bond motifs is 1. The summed E-state index contributed by atoms with van der Waals surface area (Å²) in [5, 5.41) is 4.81. The minimum absolute atomic E-state index is 0.569. The van der Waals surface area contributed by atoms with E-state index in [4.69, 9.17) is 9.97 Å². The van der Waals surface area contributed by atoms with Crippen molar-refractivity contribution < 1.29 is 0 Å². The van der Waals surface area contributed by atoms with Crippen LogP contribution < -0.4 is 10.2 Å². The molecular formula is C22H29N5. The molecule has 142 valence electrons. The maximum atomic E-state index is 4.83. The van der Waals surface area contributed by atoms with Crippen molar-refractivity contribution in [1.82, 2.24) is 15.0 Å². The van der Waals surface area contributed by atoms with E-state index in [2.05, 4.69) is 59.5 Å². The van der Waals surface area contributed by atoms with Gasteiger partial charge in [0.25, 0.3) is 0 Å². The van der Waals surface area contributed by atoms with Crippen molar-refractivity contribution in [1.29, 1.82) is 0 Å². The van der Waals surface area contributed by atoms with E-state index in [0.29, 0.717) is 6.04 Å². The topological polar surface area (TPSA) is 56.8 Å². The van der Waals surface area contributed by atoms with Crippen molar-refractivity contribution >= 4 is 22.7 Å². The summed E-state index contributed by atoms with van der Waals surface area (Å²) < 4.78 is 0. The van der Waals surface area contributed by atoms with E-state index in [1.165, 1.54) is 35.7 Å². The Hall–Kier alpha value is -2.56. The number of benzene rings is 1. The number of anilines is 2. The van der Waals surface area contributed by atoms with E-state index in [-0.39, 0.29) is 0 Å². The van der Waals surface area contributed by atoms with Gasteiger partial charge in [-0.1, -0.05) is 25.1 Å². The average Bonchev–Trinajstić information content (AvgIpc) is 3.11. The summed E-state index contributed by atoms with van der Waals surface area (Å²) in [7, 11) is 0. The highest BCUT2D eigenvalue weighted by Gasteiger charge is 2.23. The first kappa shape index (κ1) is 17.8. The highest BCUT2D eigenvalue weighted by molar-refractivity contribution is 5.83. The summed E-state index contributed by atoms with van der Waals surface area (Å²) in [5.74, 6) is 1.81. The Labute approximate surface area is 161 Å². The predicted octanol–water partition coefficient (Wildman–Crippen LogP) is 4.69. The fraction of sp³-hybridized carbons (Fsp3) is 0.455. The number of nitrogens with zero attached hydrogens (tertiary/aromatic N) is 3. The van der Waals surface area contributed by atoms with Crippen molar-refractivity contribution in [3.63, 3.8) is 0 Å². The van der Waals surface area contributed by atoms with Gasteiger partial charge in [-0.3, -0.25) is 0 Å². The molecule has 1 aliphatic rings. The number of para-hydroxylation sites is 1. The molecule has 3 heterocycles. The van der Waals surface area contributed by atoms with Gasteiger partial charge in [0.05, 0.1) is 0 Å². The third-order valence-corrected chi connectivity index (χ3v) is 5.57. The maximum Gasteiger partial charge on any atom is 0.227 e. The summed E-state index contributed by atoms with van der Waals surface area (Å²) in [5.41, 5.74) is 3.56. The number of piperidine rings is 1. The fourth-order valence-electron chi connectivity index (χ4n) is 4.12. The molecular weight excluding hydrogens is 334 g/mol. The van der Waals surface area contributed by atoms with Crippen LogP contribution in [0.5, 0.6) is 0 Å². The molecule has 3 aromatic rings. The third kappa shape index (κ3) is 3.92. The van der Waals surface area contributed by atoms with Gasteiger partial charge >= 0.3 is 0 Å². The number of aryl methyl sites for hydroxylation is 1. The minimum atomic E-state index is 0.569. The number of aromatic nitrogens is 3. The Morgan fingerprint density at radius 2 is 2.11 bits per heavy atom. The number of hydrogen-bond donors (Lipinski definition) is 2. The zero-order chi connectivity index (χ0) is 18.6. The van der Waals surface area contributed by atoms with Crippen molar-refractivity contribution in [3.8, 4) is 0 Å². The maximum absolute atomic E-state index is 4.83. The van der Waals surface area contributed by atoms with E-state index in [1.807, 2.05) is 6.07 Å². The lowest BCUT2D eigenvalue weighted by molar-refractivity contribution is 0.443. The van der Waals surface area contributed by atoms with Gasteiger partial charge < -0.3 is 15.2 Å². The van der Waals surface area contributed by atoms with Crippen LogP contribution in [0.2, 0.25) is 0 Å². The van der Waals surface area contributed by atoms with Crippen molar-refractivity contribution in [2.24, 2.45) is 0 Å². The van der Waals surface area contributed by atoms with Gasteiger partial charge in [-0.15, -0.1) is 0 Å². The Morgan fingerprint density at radius 1 is 1.22 bits per heavy atom. The molecule has 1 aromatic carbocycles. The van der Waals surface area contributed by atoms with Crippen LogP contribution in [0.4, 0.5) is 11.8 Å². The molecule has 5 heteroatoms. The molecule has 0 saturated carbocycles. The van der Waals surface area contributed by atoms with Crippen LogP contribution in [0, 0.1) is 6.92 Å². The zero-order valence-electron chi connectivity index (χ0n) is 16.3. The molecule has 0 aliphatic carbocycles. The largest absolute Gasteiger partial charge is 0.370 e. The lowest BCUT2D eigenvalue weighted by Gasteiger charge is -2.35. The summed E-state index contributed by atoms with van der Waals surface area (Å²) in [4.78, 5) is 15.3. The number of aromatic amines is 1. The van der Waals surface area contributed by atoms with Gasteiger partial charge in [-0.25, -0.2) is 4.98 Å². The summed E-state index contributed by atoms with van der Waals surface area (Å²) >= 11 is 0. The standard InChI is InChI=1S/C22H29N5/c1-3-18-8-6-7-13-27(18)22-25-16(2)14-21(26-22)23-12-11-17-15-24-20-10-5-4-9-19(17)20/h4-5,9-10,14-15,18,24H,3,6-8,11-13H2,1-2H3,(H,23,25,26). The molecule has 2 N–H and O–H groups in total. The van der Waals surface area contributed by atoms with E-state index in [0.717, 1.165) is 43.4 Å². The number of rotatable bonds is 6. The van der Waals surface area contributed by atoms with E-state index < -0.39 is 0 Å². The molecule has 5 nitrogen and oxygen atoms in total. The van der Waals surface area contributed by atoms with Gasteiger partial charge in [0.1, 0.15) is 5.82 Å². The molecule has 1 atom stereocenters. The summed E-state index contributed by atoms with van der Waals surface area (Å²) in [6.45, 7) is 6.24. The summed E-state index contributed by atoms with van der Waals surface area (Å²) in [6, 6.07) is 11.1. The molecule has 2 aromatic heterocycles. The van der Waals surface area contributed by atoms with E-state index in [1.54, 1.807) is 0 Å². The number of hydrogen-bond acceptors (Lipinski definition) is 4. The van der Waals surface area contributed by atoms with Crippen molar-refractivity contribution in [2.45, 2.75) is 52.0 Å². The predicted molar refractivity (Wildman–Crippen MR) is 113 cm³/mol. The van der Waals surface area contributed by atoms with Crippen LogP contribution in [-0.4, -0.2) is 34.1 Å². The molecule has 1 fully saturated rings. The lowest BCUT2D eigenvalue weighted by Crippen LogP contribution is -2.40. The Kier molecular flexibility index (Phi) is 5.28. The Balaban J connectivity index is 1.45. The first-order valence-corrected chi connectivity index (χ1v) is 10.2. The smallest absolute Gasteiger partial charge is 0.227 e. The molecule has 1 unspecified atom stereocenters. The molecule has 0 radical (unpaired) electrons. The van der Waals surface area contributed by atoms with Gasteiger partial charge in [0.15, 0.2) is 0 Å². The van der Waals surface area contributed by atoms with Crippen LogP contribution in [-0.2, 0) is 6.42 Å². The molecule has 1 saturated heterocycles. The van der Waals surface area contributed by atoms with Gasteiger partial charge in [-0.2, -0.15) is 4.98 Å². The quantitative estimate of drug-likeness (QED) is 0.667. The minimum Gasteiger partial charge on any atom is -0.370 e. The average molecular weight is 364 g/mol. The first-order valence-electron chi connectivity index (χ1n) is 10.2. The second kappa shape index (κ2) is 7.99. The van der Waals surface area contributed by atoms with Gasteiger partial charge in [0, 0.05) is 48.0 Å².